The molecule has 0 aromatic heterocycles. The molecular formula is C22H21NO3. The minimum absolute atomic E-state index is 0.0676. The lowest BCUT2D eigenvalue weighted by atomic mass is 9.81. The average molecular weight is 347 g/mol. The first kappa shape index (κ1) is 15.6. The summed E-state index contributed by atoms with van der Waals surface area (Å²) in [5.74, 6) is 0.896. The molecule has 1 saturated heterocycles. The van der Waals surface area contributed by atoms with Crippen molar-refractivity contribution < 1.29 is 14.3 Å². The highest BCUT2D eigenvalue weighted by Crippen LogP contribution is 2.43. The Kier molecular flexibility index (Phi) is 3.61. The Labute approximate surface area is 153 Å². The van der Waals surface area contributed by atoms with Crippen LogP contribution in [0.4, 0.5) is 5.69 Å². The lowest BCUT2D eigenvalue weighted by Gasteiger charge is -2.47. The maximum absolute atomic E-state index is 13.1. The van der Waals surface area contributed by atoms with Gasteiger partial charge in [0.05, 0.1) is 11.1 Å². The predicted octanol–water partition coefficient (Wildman–Crippen LogP) is 4.10. The smallest absolute Gasteiger partial charge is 0.197 e. The van der Waals surface area contributed by atoms with Crippen molar-refractivity contribution in [3.63, 3.8) is 0 Å². The molecule has 3 atom stereocenters. The molecule has 2 aromatic rings. The number of fused-ring (bicyclic) bond motifs is 4. The highest BCUT2D eigenvalue weighted by Gasteiger charge is 2.47. The van der Waals surface area contributed by atoms with Crippen LogP contribution in [0.25, 0.3) is 0 Å². The van der Waals surface area contributed by atoms with Crippen LogP contribution in [-0.4, -0.2) is 24.7 Å². The second kappa shape index (κ2) is 5.99. The van der Waals surface area contributed by atoms with Crippen molar-refractivity contribution in [2.24, 2.45) is 5.92 Å². The quantitative estimate of drug-likeness (QED) is 0.779. The van der Waals surface area contributed by atoms with E-state index in [1.165, 1.54) is 5.56 Å². The molecule has 4 heteroatoms. The van der Waals surface area contributed by atoms with Crippen LogP contribution in [0.5, 0.6) is 5.75 Å². The van der Waals surface area contributed by atoms with Crippen LogP contribution >= 0.6 is 0 Å². The Morgan fingerprint density at radius 3 is 2.73 bits per heavy atom. The zero-order valence-corrected chi connectivity index (χ0v) is 14.7. The number of anilines is 1. The molecular weight excluding hydrogens is 326 g/mol. The summed E-state index contributed by atoms with van der Waals surface area (Å²) in [5.41, 5.74) is 3.64. The van der Waals surface area contributed by atoms with Crippen molar-refractivity contribution in [2.75, 3.05) is 11.5 Å². The number of nitrogens with zero attached hydrogens (tertiary/aromatic N) is 1. The third-order valence-corrected chi connectivity index (χ3v) is 5.56. The van der Waals surface area contributed by atoms with E-state index in [2.05, 4.69) is 36.1 Å². The molecule has 5 rings (SSSR count). The van der Waals surface area contributed by atoms with Gasteiger partial charge in [-0.2, -0.15) is 0 Å². The molecule has 0 amide bonds. The van der Waals surface area contributed by atoms with Crippen LogP contribution in [0.15, 0.2) is 60.3 Å². The SMILES string of the molecule is Cc1ccc(N2C=C3C(=O)c4ccccc4OC3C3CCCOC32)cc1. The van der Waals surface area contributed by atoms with Crippen LogP contribution in [0.2, 0.25) is 0 Å². The molecule has 0 N–H and O–H groups in total. The number of aryl methyl sites for hydroxylation is 1. The number of hydrogen-bond donors (Lipinski definition) is 0. The standard InChI is InChI=1S/C22H21NO3/c1-14-8-10-15(11-9-14)23-13-18-20(24)16-5-2-3-7-19(16)26-21(18)17-6-4-12-25-22(17)23/h2-3,5,7-11,13,17,21-22H,4,6,12H2,1H3. The van der Waals surface area contributed by atoms with Gasteiger partial charge in [0, 0.05) is 24.4 Å². The summed E-state index contributed by atoms with van der Waals surface area (Å²) in [4.78, 5) is 15.3. The molecule has 0 spiro atoms. The first-order valence-corrected chi connectivity index (χ1v) is 9.21. The monoisotopic (exact) mass is 347 g/mol. The Balaban J connectivity index is 1.63. The van der Waals surface area contributed by atoms with Gasteiger partial charge in [0.1, 0.15) is 18.1 Å². The van der Waals surface area contributed by atoms with Gasteiger partial charge < -0.3 is 14.4 Å². The molecule has 0 aliphatic carbocycles. The van der Waals surface area contributed by atoms with Gasteiger partial charge in [0.15, 0.2) is 5.78 Å². The Morgan fingerprint density at radius 1 is 1.08 bits per heavy atom. The number of carbonyl (C=O) groups excluding carboxylic acids is 1. The molecule has 2 aromatic carbocycles. The van der Waals surface area contributed by atoms with E-state index in [1.54, 1.807) is 0 Å². The summed E-state index contributed by atoms with van der Waals surface area (Å²) in [6, 6.07) is 15.9. The van der Waals surface area contributed by atoms with E-state index in [1.807, 2.05) is 30.5 Å². The fraction of sp³-hybridized carbons (Fsp3) is 0.318. The van der Waals surface area contributed by atoms with Gasteiger partial charge in [0.2, 0.25) is 0 Å². The van der Waals surface area contributed by atoms with Gasteiger partial charge >= 0.3 is 0 Å². The molecule has 4 nitrogen and oxygen atoms in total. The van der Waals surface area contributed by atoms with Crippen molar-refractivity contribution >= 4 is 11.5 Å². The third-order valence-electron chi connectivity index (χ3n) is 5.56. The van der Waals surface area contributed by atoms with Crippen molar-refractivity contribution in [3.05, 3.63) is 71.4 Å². The van der Waals surface area contributed by atoms with Gasteiger partial charge in [-0.1, -0.05) is 29.8 Å². The fourth-order valence-electron chi connectivity index (χ4n) is 4.23. The van der Waals surface area contributed by atoms with E-state index < -0.39 is 0 Å². The molecule has 26 heavy (non-hydrogen) atoms. The van der Waals surface area contributed by atoms with E-state index in [0.717, 1.165) is 30.7 Å². The molecule has 3 unspecified atom stereocenters. The molecule has 1 fully saturated rings. The summed E-state index contributed by atoms with van der Waals surface area (Å²) in [6.07, 6.45) is 3.60. The van der Waals surface area contributed by atoms with Gasteiger partial charge in [0.25, 0.3) is 0 Å². The summed E-state index contributed by atoms with van der Waals surface area (Å²) >= 11 is 0. The van der Waals surface area contributed by atoms with Crippen molar-refractivity contribution in [1.29, 1.82) is 0 Å². The average Bonchev–Trinajstić information content (AvgIpc) is 2.69. The van der Waals surface area contributed by atoms with Crippen molar-refractivity contribution in [2.45, 2.75) is 32.1 Å². The summed E-state index contributed by atoms with van der Waals surface area (Å²) in [5, 5.41) is 0. The molecule has 0 radical (unpaired) electrons. The maximum atomic E-state index is 13.1. The van der Waals surface area contributed by atoms with Crippen LogP contribution in [0.3, 0.4) is 0 Å². The van der Waals surface area contributed by atoms with Crippen LogP contribution in [-0.2, 0) is 4.74 Å². The molecule has 132 valence electrons. The van der Waals surface area contributed by atoms with Crippen molar-refractivity contribution in [3.8, 4) is 5.75 Å². The number of rotatable bonds is 1. The van der Waals surface area contributed by atoms with E-state index in [0.29, 0.717) is 11.3 Å². The second-order valence-electron chi connectivity index (χ2n) is 7.26. The number of ether oxygens (including phenoxy) is 2. The summed E-state index contributed by atoms with van der Waals surface area (Å²) in [7, 11) is 0. The van der Waals surface area contributed by atoms with Gasteiger partial charge in [-0.25, -0.2) is 0 Å². The molecule has 0 bridgehead atoms. The molecule has 3 heterocycles. The fourth-order valence-corrected chi connectivity index (χ4v) is 4.23. The topological polar surface area (TPSA) is 38.8 Å². The number of hydrogen-bond acceptors (Lipinski definition) is 4. The Morgan fingerprint density at radius 2 is 1.88 bits per heavy atom. The van der Waals surface area contributed by atoms with E-state index in [-0.39, 0.29) is 24.0 Å². The van der Waals surface area contributed by atoms with Crippen LogP contribution in [0, 0.1) is 12.8 Å². The van der Waals surface area contributed by atoms with Gasteiger partial charge in [-0.15, -0.1) is 0 Å². The van der Waals surface area contributed by atoms with Gasteiger partial charge in [-0.05, 0) is 44.0 Å². The minimum atomic E-state index is -0.232. The number of ketones is 1. The highest BCUT2D eigenvalue weighted by atomic mass is 16.5. The van der Waals surface area contributed by atoms with E-state index in [9.17, 15) is 4.79 Å². The first-order valence-electron chi connectivity index (χ1n) is 9.21. The highest BCUT2D eigenvalue weighted by molar-refractivity contribution is 6.12. The third kappa shape index (κ3) is 2.36. The number of carbonyl (C=O) groups is 1. The largest absolute Gasteiger partial charge is 0.484 e. The summed E-state index contributed by atoms with van der Waals surface area (Å²) in [6.45, 7) is 2.81. The Hall–Kier alpha value is -2.59. The predicted molar refractivity (Wildman–Crippen MR) is 99.4 cm³/mol. The first-order chi connectivity index (χ1) is 12.7. The van der Waals surface area contributed by atoms with Crippen LogP contribution in [0.1, 0.15) is 28.8 Å². The number of Topliss-reactive ketones (excluding diaryl/α,β-unsaturated/α-hetero) is 1. The maximum Gasteiger partial charge on any atom is 0.197 e. The van der Waals surface area contributed by atoms with Crippen molar-refractivity contribution in [1.82, 2.24) is 0 Å². The number of para-hydroxylation sites is 1. The lowest BCUT2D eigenvalue weighted by Crippen LogP contribution is -2.55. The lowest BCUT2D eigenvalue weighted by molar-refractivity contribution is -0.0599. The zero-order valence-electron chi connectivity index (χ0n) is 14.7. The van der Waals surface area contributed by atoms with Crippen LogP contribution < -0.4 is 9.64 Å². The van der Waals surface area contributed by atoms with E-state index >= 15 is 0 Å². The Bertz CT molecular complexity index is 887. The zero-order chi connectivity index (χ0) is 17.7. The second-order valence-corrected chi connectivity index (χ2v) is 7.26. The van der Waals surface area contributed by atoms with E-state index in [4.69, 9.17) is 9.47 Å². The number of benzene rings is 2. The normalized spacial score (nSPS) is 27.0. The van der Waals surface area contributed by atoms with Gasteiger partial charge in [-0.3, -0.25) is 4.79 Å². The molecule has 3 aliphatic heterocycles. The summed E-state index contributed by atoms with van der Waals surface area (Å²) < 4.78 is 12.4. The molecule has 0 saturated carbocycles. The minimum Gasteiger partial charge on any atom is -0.484 e. The molecule has 3 aliphatic rings.